The maximum atomic E-state index is 12.7. The Kier molecular flexibility index (Phi) is 7.44. The maximum Gasteiger partial charge on any atom is 0.255 e. The third-order valence-corrected chi connectivity index (χ3v) is 7.53. The normalized spacial score (nSPS) is 15.0. The first-order valence-electron chi connectivity index (χ1n) is 12.3. The van der Waals surface area contributed by atoms with E-state index in [4.69, 9.17) is 4.98 Å². The average molecular weight is 499 g/mol. The fourth-order valence-electron chi connectivity index (χ4n) is 4.93. The van der Waals surface area contributed by atoms with E-state index in [0.717, 1.165) is 31.5 Å². The van der Waals surface area contributed by atoms with E-state index in [1.54, 1.807) is 11.3 Å². The number of hydrogen-bond donors (Lipinski definition) is 1. The van der Waals surface area contributed by atoms with E-state index in [2.05, 4.69) is 55.5 Å². The van der Waals surface area contributed by atoms with Crippen molar-refractivity contribution in [1.82, 2.24) is 30.2 Å². The van der Waals surface area contributed by atoms with E-state index in [1.165, 1.54) is 34.4 Å². The Morgan fingerprint density at radius 1 is 1.06 bits per heavy atom. The van der Waals surface area contributed by atoms with Gasteiger partial charge in [0.15, 0.2) is 0 Å². The number of amides is 1. The van der Waals surface area contributed by atoms with Crippen LogP contribution in [0.3, 0.4) is 0 Å². The molecule has 0 saturated heterocycles. The molecule has 1 N–H and O–H groups in total. The molecule has 3 aromatic heterocycles. The fraction of sp³-hybridized carbons (Fsp3) is 0.321. The van der Waals surface area contributed by atoms with Gasteiger partial charge in [0.1, 0.15) is 6.33 Å². The van der Waals surface area contributed by atoms with E-state index in [0.29, 0.717) is 23.5 Å². The summed E-state index contributed by atoms with van der Waals surface area (Å²) in [6.45, 7) is 5.79. The van der Waals surface area contributed by atoms with Crippen molar-refractivity contribution in [3.05, 3.63) is 105 Å². The number of nitrogens with zero attached hydrogens (tertiary/aromatic N) is 5. The number of aromatic nitrogens is 4. The van der Waals surface area contributed by atoms with E-state index in [-0.39, 0.29) is 11.9 Å². The molecule has 0 spiro atoms. The summed E-state index contributed by atoms with van der Waals surface area (Å²) >= 11 is 1.70. The Morgan fingerprint density at radius 3 is 2.58 bits per heavy atom. The molecule has 0 radical (unpaired) electrons. The minimum atomic E-state index is -0.145. The second-order valence-electron chi connectivity index (χ2n) is 9.25. The van der Waals surface area contributed by atoms with Crippen molar-refractivity contribution in [2.45, 2.75) is 58.8 Å². The van der Waals surface area contributed by atoms with Crippen LogP contribution in [0.1, 0.15) is 67.9 Å². The molecule has 184 valence electrons. The van der Waals surface area contributed by atoms with Crippen LogP contribution in [0.5, 0.6) is 0 Å². The lowest BCUT2D eigenvalue weighted by Gasteiger charge is -2.35. The lowest BCUT2D eigenvalue weighted by molar-refractivity contribution is 0.0948. The van der Waals surface area contributed by atoms with Crippen LogP contribution in [-0.4, -0.2) is 30.7 Å². The monoisotopic (exact) mass is 498 g/mol. The topological polar surface area (TPSA) is 83.9 Å². The number of thiazole rings is 1. The van der Waals surface area contributed by atoms with Gasteiger partial charge in [-0.15, -0.1) is 11.3 Å². The summed E-state index contributed by atoms with van der Waals surface area (Å²) in [5.74, 6) is -0.145. The lowest BCUT2D eigenvalue weighted by atomic mass is 9.90. The standard InChI is InChI=1S/C28H30N6OS/c1-19-26(20(2)33-17-32-19)28(35)31-13-21-8-10-22(11-9-21)15-34(16-24-14-29-18-36-24)25-7-3-5-23-6-4-12-30-27(23)25/h4,6,8-12,14,17-18,25H,3,5,7,13,15-16H2,1-2H3,(H,31,35). The molecule has 5 rings (SSSR count). The number of aryl methyl sites for hydroxylation is 3. The Labute approximate surface area is 215 Å². The zero-order valence-corrected chi connectivity index (χ0v) is 21.5. The van der Waals surface area contributed by atoms with Gasteiger partial charge >= 0.3 is 0 Å². The predicted molar refractivity (Wildman–Crippen MR) is 140 cm³/mol. The molecule has 3 heterocycles. The Bertz CT molecular complexity index is 1300. The predicted octanol–water partition coefficient (Wildman–Crippen LogP) is 4.95. The van der Waals surface area contributed by atoms with Crippen LogP contribution >= 0.6 is 11.3 Å². The first-order chi connectivity index (χ1) is 17.6. The summed E-state index contributed by atoms with van der Waals surface area (Å²) < 4.78 is 0. The van der Waals surface area contributed by atoms with Gasteiger partial charge in [-0.05, 0) is 55.9 Å². The number of benzene rings is 1. The molecule has 8 heteroatoms. The van der Waals surface area contributed by atoms with Gasteiger partial charge in [-0.3, -0.25) is 19.7 Å². The quantitative estimate of drug-likeness (QED) is 0.370. The van der Waals surface area contributed by atoms with Crippen LogP contribution in [0.25, 0.3) is 0 Å². The highest BCUT2D eigenvalue weighted by atomic mass is 32.1. The molecule has 36 heavy (non-hydrogen) atoms. The number of carbonyl (C=O) groups is 1. The molecule has 1 unspecified atom stereocenters. The molecule has 1 amide bonds. The van der Waals surface area contributed by atoms with Gasteiger partial charge in [-0.25, -0.2) is 9.97 Å². The second-order valence-corrected chi connectivity index (χ2v) is 10.2. The number of carbonyl (C=O) groups excluding carboxylic acids is 1. The molecule has 0 saturated carbocycles. The molecule has 0 aliphatic heterocycles. The molecular formula is C28H30N6OS. The van der Waals surface area contributed by atoms with Crippen LogP contribution in [0.15, 0.2) is 60.6 Å². The van der Waals surface area contributed by atoms with Crippen molar-refractivity contribution in [1.29, 1.82) is 0 Å². The van der Waals surface area contributed by atoms with Gasteiger partial charge in [0, 0.05) is 36.9 Å². The SMILES string of the molecule is Cc1ncnc(C)c1C(=O)NCc1ccc(CN(Cc2cncs2)C2CCCc3cccnc32)cc1. The van der Waals surface area contributed by atoms with Gasteiger partial charge in [-0.2, -0.15) is 0 Å². The molecule has 1 aliphatic rings. The van der Waals surface area contributed by atoms with E-state index < -0.39 is 0 Å². The van der Waals surface area contributed by atoms with Crippen LogP contribution in [-0.2, 0) is 26.1 Å². The molecular weight excluding hydrogens is 468 g/mol. The molecule has 1 aliphatic carbocycles. The summed E-state index contributed by atoms with van der Waals surface area (Å²) in [4.78, 5) is 33.8. The fourth-order valence-corrected chi connectivity index (χ4v) is 5.55. The third kappa shape index (κ3) is 5.50. The van der Waals surface area contributed by atoms with E-state index in [9.17, 15) is 4.79 Å². The zero-order valence-electron chi connectivity index (χ0n) is 20.6. The van der Waals surface area contributed by atoms with Crippen LogP contribution < -0.4 is 5.32 Å². The summed E-state index contributed by atoms with van der Waals surface area (Å²) in [6.07, 6.45) is 8.74. The van der Waals surface area contributed by atoms with Crippen LogP contribution in [0.4, 0.5) is 0 Å². The van der Waals surface area contributed by atoms with Gasteiger partial charge in [0.25, 0.3) is 5.91 Å². The highest BCUT2D eigenvalue weighted by molar-refractivity contribution is 7.09. The third-order valence-electron chi connectivity index (χ3n) is 6.76. The van der Waals surface area contributed by atoms with Crippen molar-refractivity contribution >= 4 is 17.2 Å². The molecule has 7 nitrogen and oxygen atoms in total. The van der Waals surface area contributed by atoms with Crippen molar-refractivity contribution in [2.75, 3.05) is 0 Å². The minimum Gasteiger partial charge on any atom is -0.348 e. The molecule has 0 bridgehead atoms. The number of rotatable bonds is 8. The lowest BCUT2D eigenvalue weighted by Crippen LogP contribution is -2.31. The average Bonchev–Trinajstić information content (AvgIpc) is 3.41. The molecule has 4 aromatic rings. The van der Waals surface area contributed by atoms with E-state index >= 15 is 0 Å². The molecule has 1 aromatic carbocycles. The number of pyridine rings is 1. The Hall–Kier alpha value is -3.49. The minimum absolute atomic E-state index is 0.145. The zero-order chi connectivity index (χ0) is 24.9. The van der Waals surface area contributed by atoms with Crippen molar-refractivity contribution in [3.8, 4) is 0 Å². The Balaban J connectivity index is 1.29. The summed E-state index contributed by atoms with van der Waals surface area (Å²) in [5, 5.41) is 3.01. The Morgan fingerprint density at radius 2 is 1.83 bits per heavy atom. The molecule has 1 atom stereocenters. The van der Waals surface area contributed by atoms with Crippen LogP contribution in [0, 0.1) is 13.8 Å². The van der Waals surface area contributed by atoms with Gasteiger partial charge in [-0.1, -0.05) is 30.3 Å². The first-order valence-corrected chi connectivity index (χ1v) is 13.2. The highest BCUT2D eigenvalue weighted by Gasteiger charge is 2.27. The van der Waals surface area contributed by atoms with Crippen molar-refractivity contribution in [3.63, 3.8) is 0 Å². The maximum absolute atomic E-state index is 12.7. The van der Waals surface area contributed by atoms with Gasteiger partial charge in [0.2, 0.25) is 0 Å². The number of hydrogen-bond acceptors (Lipinski definition) is 7. The van der Waals surface area contributed by atoms with Crippen LogP contribution in [0.2, 0.25) is 0 Å². The first kappa shape index (κ1) is 24.2. The van der Waals surface area contributed by atoms with Crippen molar-refractivity contribution < 1.29 is 4.79 Å². The highest BCUT2D eigenvalue weighted by Crippen LogP contribution is 2.35. The van der Waals surface area contributed by atoms with Gasteiger partial charge in [0.05, 0.1) is 34.2 Å². The molecule has 0 fully saturated rings. The number of nitrogens with one attached hydrogen (secondary N) is 1. The van der Waals surface area contributed by atoms with Crippen molar-refractivity contribution in [2.24, 2.45) is 0 Å². The smallest absolute Gasteiger partial charge is 0.255 e. The second kappa shape index (κ2) is 11.1. The summed E-state index contributed by atoms with van der Waals surface area (Å²) in [5.41, 5.74) is 8.69. The van der Waals surface area contributed by atoms with Gasteiger partial charge < -0.3 is 5.32 Å². The van der Waals surface area contributed by atoms with E-state index in [1.807, 2.05) is 37.8 Å². The summed E-state index contributed by atoms with van der Waals surface area (Å²) in [7, 11) is 0. The summed E-state index contributed by atoms with van der Waals surface area (Å²) in [6, 6.07) is 13.0. The largest absolute Gasteiger partial charge is 0.348 e. The number of fused-ring (bicyclic) bond motifs is 1.